The monoisotopic (exact) mass is 598 g/mol. The molecule has 5 nitrogen and oxygen atoms in total. The van der Waals surface area contributed by atoms with Gasteiger partial charge in [0.05, 0.1) is 0 Å². The van der Waals surface area contributed by atoms with Crippen LogP contribution in [0.15, 0.2) is 59.1 Å². The number of thiophene rings is 1. The minimum absolute atomic E-state index is 0.0783. The topological polar surface area (TPSA) is 61.8 Å². The SMILES string of the molecule is CC1(C)c2cc(/C=C3/C(=O)N=C([Te])NC3=O)sc2N2c3ccccc3[Si](C)(C)c3cccc1c32. The molecule has 34 heavy (non-hydrogen) atoms. The first-order valence-electron chi connectivity index (χ1n) is 11.1. The fraction of sp³-hybridized carbons (Fsp3) is 0.192. The molecule has 1 N–H and O–H groups in total. The fourth-order valence-corrected chi connectivity index (χ4v) is 10.2. The van der Waals surface area contributed by atoms with Gasteiger partial charge in [0.15, 0.2) is 0 Å². The number of amides is 2. The minimum atomic E-state index is -1.89. The molecular formula is C26H22N3O2SSiTe. The third-order valence-corrected chi connectivity index (χ3v) is 12.4. The summed E-state index contributed by atoms with van der Waals surface area (Å²) in [4.78, 5) is 32.2. The number of fused-ring (bicyclic) bond motifs is 4. The van der Waals surface area contributed by atoms with E-state index in [0.717, 1.165) is 9.88 Å². The normalized spacial score (nSPS) is 20.3. The molecule has 0 bridgehead atoms. The van der Waals surface area contributed by atoms with E-state index < -0.39 is 19.9 Å². The Morgan fingerprint density at radius 2 is 1.79 bits per heavy atom. The first-order chi connectivity index (χ1) is 16.1. The van der Waals surface area contributed by atoms with Crippen LogP contribution in [-0.2, 0) is 15.0 Å². The molecule has 0 aliphatic carbocycles. The average molecular weight is 596 g/mol. The predicted octanol–water partition coefficient (Wildman–Crippen LogP) is 3.56. The summed E-state index contributed by atoms with van der Waals surface area (Å²) in [5, 5.41) is 6.68. The van der Waals surface area contributed by atoms with Gasteiger partial charge >= 0.3 is 198 Å². The number of anilines is 3. The molecule has 169 valence electrons. The number of carbonyl (C=O) groups is 2. The second-order valence-corrected chi connectivity index (χ2v) is 16.4. The molecule has 8 heteroatoms. The summed E-state index contributed by atoms with van der Waals surface area (Å²) in [5.41, 5.74) is 4.93. The molecule has 0 saturated heterocycles. The van der Waals surface area contributed by atoms with E-state index in [1.165, 1.54) is 55.2 Å². The summed E-state index contributed by atoms with van der Waals surface area (Å²) < 4.78 is 0.342. The van der Waals surface area contributed by atoms with Crippen molar-refractivity contribution in [1.82, 2.24) is 5.32 Å². The van der Waals surface area contributed by atoms with Crippen LogP contribution in [0.5, 0.6) is 0 Å². The Bertz CT molecular complexity index is 1500. The van der Waals surface area contributed by atoms with Gasteiger partial charge in [-0.05, 0) is 0 Å². The zero-order valence-electron chi connectivity index (χ0n) is 19.2. The fourth-order valence-electron chi connectivity index (χ4n) is 5.41. The maximum atomic E-state index is 12.5. The zero-order valence-corrected chi connectivity index (χ0v) is 23.4. The molecule has 3 aliphatic heterocycles. The predicted molar refractivity (Wildman–Crippen MR) is 142 cm³/mol. The van der Waals surface area contributed by atoms with Gasteiger partial charge in [-0.2, -0.15) is 0 Å². The quantitative estimate of drug-likeness (QED) is 0.266. The van der Waals surface area contributed by atoms with Gasteiger partial charge < -0.3 is 0 Å². The summed E-state index contributed by atoms with van der Waals surface area (Å²) >= 11 is 3.16. The van der Waals surface area contributed by atoms with Gasteiger partial charge in [-0.1, -0.05) is 19.2 Å². The van der Waals surface area contributed by atoms with Crippen LogP contribution >= 0.6 is 11.3 Å². The zero-order chi connectivity index (χ0) is 24.0. The number of hydrogen-bond donors (Lipinski definition) is 1. The molecule has 0 saturated carbocycles. The van der Waals surface area contributed by atoms with Crippen molar-refractivity contribution < 1.29 is 9.59 Å². The van der Waals surface area contributed by atoms with Gasteiger partial charge in [0.2, 0.25) is 0 Å². The maximum absolute atomic E-state index is 12.5. The second kappa shape index (κ2) is 7.25. The van der Waals surface area contributed by atoms with Crippen molar-refractivity contribution in [3.63, 3.8) is 0 Å². The molecule has 1 aromatic heterocycles. The summed E-state index contributed by atoms with van der Waals surface area (Å²) in [6, 6.07) is 17.6. The molecule has 3 aromatic rings. The van der Waals surface area contributed by atoms with Crippen LogP contribution in [0.2, 0.25) is 13.1 Å². The first-order valence-corrected chi connectivity index (χ1v) is 16.1. The summed E-state index contributed by atoms with van der Waals surface area (Å²) in [6.07, 6.45) is 1.69. The molecule has 0 atom stereocenters. The van der Waals surface area contributed by atoms with Crippen LogP contribution in [-0.4, -0.2) is 46.1 Å². The first kappa shape index (κ1) is 22.0. The molecule has 0 spiro atoms. The van der Waals surface area contributed by atoms with Gasteiger partial charge in [-0.25, -0.2) is 0 Å². The number of nitrogens with zero attached hydrogens (tertiary/aromatic N) is 2. The van der Waals surface area contributed by atoms with E-state index in [-0.39, 0.29) is 11.0 Å². The Labute approximate surface area is 216 Å². The van der Waals surface area contributed by atoms with Crippen LogP contribution in [0, 0.1) is 0 Å². The Balaban J connectivity index is 1.61. The van der Waals surface area contributed by atoms with Crippen molar-refractivity contribution in [2.45, 2.75) is 32.4 Å². The Hall–Kier alpha value is -2.50. The van der Waals surface area contributed by atoms with E-state index in [0.29, 0.717) is 3.88 Å². The standard InChI is InChI=1S/C26H22N3O2SSiTe/c1-26(2)16-8-7-11-20-21(16)29(18-9-5-6-10-19(18)33(20,3)4)24-17(26)13-14(32-24)12-15-22(30)27-25(34)28-23(15)31/h5-13H,1-4H3,(H,27,28,30,31). The number of aliphatic imine (C=N–C) groups is 1. The van der Waals surface area contributed by atoms with Gasteiger partial charge in [0, 0.05) is 0 Å². The van der Waals surface area contributed by atoms with Crippen molar-refractivity contribution in [2.24, 2.45) is 4.99 Å². The van der Waals surface area contributed by atoms with E-state index in [1.54, 1.807) is 17.4 Å². The number of benzene rings is 2. The van der Waals surface area contributed by atoms with Crippen molar-refractivity contribution in [3.8, 4) is 0 Å². The van der Waals surface area contributed by atoms with Gasteiger partial charge in [-0.3, -0.25) is 0 Å². The Morgan fingerprint density at radius 3 is 2.56 bits per heavy atom. The number of rotatable bonds is 1. The summed E-state index contributed by atoms with van der Waals surface area (Å²) in [6.45, 7) is 9.40. The number of para-hydroxylation sites is 2. The number of carbonyl (C=O) groups excluding carboxylic acids is 2. The summed E-state index contributed by atoms with van der Waals surface area (Å²) in [7, 11) is -1.89. The van der Waals surface area contributed by atoms with Crippen molar-refractivity contribution in [2.75, 3.05) is 4.90 Å². The van der Waals surface area contributed by atoms with Gasteiger partial charge in [-0.15, -0.1) is 0 Å². The molecule has 0 unspecified atom stereocenters. The van der Waals surface area contributed by atoms with Crippen molar-refractivity contribution >= 4 is 90.2 Å². The van der Waals surface area contributed by atoms with E-state index in [2.05, 4.69) is 90.7 Å². The van der Waals surface area contributed by atoms with Crippen molar-refractivity contribution in [1.29, 1.82) is 0 Å². The third-order valence-electron chi connectivity index (χ3n) is 7.22. The van der Waals surface area contributed by atoms with E-state index in [9.17, 15) is 9.59 Å². The molecule has 0 fully saturated rings. The van der Waals surface area contributed by atoms with Crippen molar-refractivity contribution in [3.05, 3.63) is 70.1 Å². The summed E-state index contributed by atoms with van der Waals surface area (Å²) in [5.74, 6) is -0.885. The van der Waals surface area contributed by atoms with Crippen LogP contribution in [0.3, 0.4) is 0 Å². The second-order valence-electron chi connectivity index (χ2n) is 9.91. The Morgan fingerprint density at radius 1 is 1.06 bits per heavy atom. The molecular weight excluding hydrogens is 574 g/mol. The van der Waals surface area contributed by atoms with Crippen LogP contribution in [0.4, 0.5) is 16.4 Å². The average Bonchev–Trinajstić information content (AvgIpc) is 3.21. The number of nitrogens with one attached hydrogen (secondary N) is 1. The molecule has 2 aromatic carbocycles. The molecule has 3 aliphatic rings. The molecule has 6 rings (SSSR count). The van der Waals surface area contributed by atoms with Crippen LogP contribution < -0.4 is 20.6 Å². The van der Waals surface area contributed by atoms with E-state index >= 15 is 0 Å². The Kier molecular flexibility index (Phi) is 4.69. The van der Waals surface area contributed by atoms with E-state index in [4.69, 9.17) is 0 Å². The van der Waals surface area contributed by atoms with Crippen LogP contribution in [0.25, 0.3) is 6.08 Å². The van der Waals surface area contributed by atoms with Gasteiger partial charge in [0.25, 0.3) is 0 Å². The van der Waals surface area contributed by atoms with E-state index in [1.807, 2.05) is 0 Å². The molecule has 4 heterocycles. The molecule has 1 radical (unpaired) electrons. The number of amidine groups is 1. The third kappa shape index (κ3) is 2.92. The van der Waals surface area contributed by atoms with Crippen LogP contribution in [0.1, 0.15) is 29.9 Å². The van der Waals surface area contributed by atoms with Gasteiger partial charge in [0.1, 0.15) is 0 Å². The molecule has 2 amide bonds. The number of hydrogen-bond acceptors (Lipinski definition) is 4.